The zero-order valence-electron chi connectivity index (χ0n) is 8.68. The molecule has 2 atom stereocenters. The molecule has 1 unspecified atom stereocenters. The van der Waals surface area contributed by atoms with Gasteiger partial charge in [0.15, 0.2) is 0 Å². The highest BCUT2D eigenvalue weighted by atomic mass is 16.5. The van der Waals surface area contributed by atoms with Crippen molar-refractivity contribution in [3.63, 3.8) is 0 Å². The number of carboxylic acid groups (broad SMARTS) is 1. The largest absolute Gasteiger partial charge is 0.481 e. The fourth-order valence-corrected chi connectivity index (χ4v) is 1.20. The lowest BCUT2D eigenvalue weighted by molar-refractivity contribution is -0.139. The summed E-state index contributed by atoms with van der Waals surface area (Å²) in [5.74, 6) is -0.797. The minimum atomic E-state index is -1.02. The van der Waals surface area contributed by atoms with Crippen LogP contribution in [0.4, 0.5) is 0 Å². The van der Waals surface area contributed by atoms with Crippen LogP contribution in [0.25, 0.3) is 0 Å². The van der Waals surface area contributed by atoms with Crippen LogP contribution in [0.1, 0.15) is 18.4 Å². The van der Waals surface area contributed by atoms with Gasteiger partial charge in [-0.1, -0.05) is 13.0 Å². The third-order valence-electron chi connectivity index (χ3n) is 2.32. The highest BCUT2D eigenvalue weighted by Crippen LogP contribution is 2.19. The Morgan fingerprint density at radius 2 is 2.27 bits per heavy atom. The van der Waals surface area contributed by atoms with Gasteiger partial charge in [0.05, 0.1) is 7.11 Å². The Balaban J connectivity index is 2.82. The van der Waals surface area contributed by atoms with E-state index in [0.717, 1.165) is 5.56 Å². The Labute approximate surface area is 87.9 Å². The first kappa shape index (κ1) is 11.5. The van der Waals surface area contributed by atoms with Gasteiger partial charge in [-0.15, -0.1) is 0 Å². The van der Waals surface area contributed by atoms with Crippen LogP contribution in [-0.2, 0) is 4.79 Å². The number of aliphatic carboxylic acids is 1. The van der Waals surface area contributed by atoms with Gasteiger partial charge in [0.2, 0.25) is 5.88 Å². The summed E-state index contributed by atoms with van der Waals surface area (Å²) in [7, 11) is 1.52. The van der Waals surface area contributed by atoms with Crippen LogP contribution in [0.2, 0.25) is 0 Å². The second-order valence-electron chi connectivity index (χ2n) is 3.29. The summed E-state index contributed by atoms with van der Waals surface area (Å²) in [6.07, 6.45) is 1.58. The molecule has 15 heavy (non-hydrogen) atoms. The highest BCUT2D eigenvalue weighted by molar-refractivity contribution is 5.74. The molecule has 0 spiro atoms. The van der Waals surface area contributed by atoms with Gasteiger partial charge in [0.1, 0.15) is 6.04 Å². The van der Waals surface area contributed by atoms with E-state index in [9.17, 15) is 4.79 Å². The topological polar surface area (TPSA) is 85.4 Å². The van der Waals surface area contributed by atoms with E-state index in [4.69, 9.17) is 15.6 Å². The molecule has 0 fully saturated rings. The molecule has 0 radical (unpaired) electrons. The summed E-state index contributed by atoms with van der Waals surface area (Å²) in [4.78, 5) is 14.7. The Bertz CT molecular complexity index is 337. The number of nitrogens with two attached hydrogens (primary N) is 1. The lowest BCUT2D eigenvalue weighted by atomic mass is 9.95. The number of aromatic nitrogens is 1. The number of nitrogens with zero attached hydrogens (tertiary/aromatic N) is 1. The van der Waals surface area contributed by atoms with Crippen molar-refractivity contribution in [1.29, 1.82) is 0 Å². The van der Waals surface area contributed by atoms with Gasteiger partial charge >= 0.3 is 5.97 Å². The zero-order valence-corrected chi connectivity index (χ0v) is 8.68. The van der Waals surface area contributed by atoms with Gasteiger partial charge in [0.25, 0.3) is 0 Å². The highest BCUT2D eigenvalue weighted by Gasteiger charge is 2.21. The molecule has 5 heteroatoms. The van der Waals surface area contributed by atoms with E-state index in [1.54, 1.807) is 25.3 Å². The predicted octanol–water partition coefficient (Wildman–Crippen LogP) is 0.606. The van der Waals surface area contributed by atoms with E-state index in [2.05, 4.69) is 4.98 Å². The molecule has 5 nitrogen and oxygen atoms in total. The fourth-order valence-electron chi connectivity index (χ4n) is 1.20. The van der Waals surface area contributed by atoms with E-state index < -0.39 is 12.0 Å². The van der Waals surface area contributed by atoms with Crippen molar-refractivity contribution in [2.24, 2.45) is 5.73 Å². The van der Waals surface area contributed by atoms with Crippen LogP contribution in [0.15, 0.2) is 18.3 Å². The van der Waals surface area contributed by atoms with E-state index >= 15 is 0 Å². The van der Waals surface area contributed by atoms with Crippen molar-refractivity contribution in [3.8, 4) is 5.88 Å². The summed E-state index contributed by atoms with van der Waals surface area (Å²) in [6, 6.07) is 2.53. The summed E-state index contributed by atoms with van der Waals surface area (Å²) < 4.78 is 4.90. The normalized spacial score (nSPS) is 14.3. The van der Waals surface area contributed by atoms with Crippen LogP contribution in [0.5, 0.6) is 5.88 Å². The molecule has 0 aromatic carbocycles. The third kappa shape index (κ3) is 2.66. The quantitative estimate of drug-likeness (QED) is 0.760. The van der Waals surface area contributed by atoms with Crippen molar-refractivity contribution < 1.29 is 14.6 Å². The first-order valence-electron chi connectivity index (χ1n) is 4.54. The number of carboxylic acids is 1. The molecule has 1 aromatic heterocycles. The third-order valence-corrected chi connectivity index (χ3v) is 2.32. The minimum Gasteiger partial charge on any atom is -0.481 e. The maximum Gasteiger partial charge on any atom is 0.321 e. The number of methoxy groups -OCH3 is 1. The van der Waals surface area contributed by atoms with E-state index in [1.807, 2.05) is 0 Å². The molecule has 1 rings (SSSR count). The first-order chi connectivity index (χ1) is 7.06. The summed E-state index contributed by atoms with van der Waals surface area (Å²) >= 11 is 0. The van der Waals surface area contributed by atoms with Crippen molar-refractivity contribution in [3.05, 3.63) is 23.9 Å². The monoisotopic (exact) mass is 210 g/mol. The van der Waals surface area contributed by atoms with Crippen LogP contribution < -0.4 is 10.5 Å². The molecule has 0 saturated heterocycles. The maximum atomic E-state index is 10.7. The molecule has 82 valence electrons. The predicted molar refractivity (Wildman–Crippen MR) is 54.8 cm³/mol. The van der Waals surface area contributed by atoms with Gasteiger partial charge < -0.3 is 15.6 Å². The average molecular weight is 210 g/mol. The van der Waals surface area contributed by atoms with E-state index in [-0.39, 0.29) is 5.92 Å². The van der Waals surface area contributed by atoms with Crippen molar-refractivity contribution in [1.82, 2.24) is 4.98 Å². The SMILES string of the molecule is COc1ccc(C(C)[C@H](N)C(=O)O)cn1. The summed E-state index contributed by atoms with van der Waals surface area (Å²) in [5, 5.41) is 8.74. The fraction of sp³-hybridized carbons (Fsp3) is 0.400. The molecule has 0 aliphatic rings. The van der Waals surface area contributed by atoms with Crippen LogP contribution in [0, 0.1) is 0 Å². The Kier molecular flexibility index (Phi) is 3.62. The number of hydrogen-bond acceptors (Lipinski definition) is 4. The lowest BCUT2D eigenvalue weighted by Crippen LogP contribution is -2.35. The number of carbonyl (C=O) groups is 1. The number of ether oxygens (including phenoxy) is 1. The van der Waals surface area contributed by atoms with Crippen molar-refractivity contribution in [2.75, 3.05) is 7.11 Å². The second kappa shape index (κ2) is 4.75. The Morgan fingerprint density at radius 3 is 2.67 bits per heavy atom. The van der Waals surface area contributed by atoms with Crippen LogP contribution in [0.3, 0.4) is 0 Å². The Hall–Kier alpha value is -1.62. The molecular weight excluding hydrogens is 196 g/mol. The molecule has 3 N–H and O–H groups in total. The zero-order chi connectivity index (χ0) is 11.4. The van der Waals surface area contributed by atoms with Gasteiger partial charge in [-0.2, -0.15) is 0 Å². The standard InChI is InChI=1S/C10H14N2O3/c1-6(9(11)10(13)14)7-3-4-8(15-2)12-5-7/h3-6,9H,11H2,1-2H3,(H,13,14)/t6?,9-/m0/s1. The van der Waals surface area contributed by atoms with Crippen molar-refractivity contribution in [2.45, 2.75) is 18.9 Å². The summed E-state index contributed by atoms with van der Waals surface area (Å²) in [5.41, 5.74) is 6.29. The molecule has 0 aliphatic carbocycles. The van der Waals surface area contributed by atoms with E-state index in [0.29, 0.717) is 5.88 Å². The maximum absolute atomic E-state index is 10.7. The number of pyridine rings is 1. The number of hydrogen-bond donors (Lipinski definition) is 2. The van der Waals surface area contributed by atoms with E-state index in [1.165, 1.54) is 7.11 Å². The molecule has 0 amide bonds. The first-order valence-corrected chi connectivity index (χ1v) is 4.54. The van der Waals surface area contributed by atoms with Gasteiger partial charge in [-0.05, 0) is 5.56 Å². The molecule has 1 heterocycles. The summed E-state index contributed by atoms with van der Waals surface area (Å²) in [6.45, 7) is 1.75. The van der Waals surface area contributed by atoms with Gasteiger partial charge in [0, 0.05) is 18.2 Å². The second-order valence-corrected chi connectivity index (χ2v) is 3.29. The smallest absolute Gasteiger partial charge is 0.321 e. The minimum absolute atomic E-state index is 0.277. The molecule has 0 bridgehead atoms. The van der Waals surface area contributed by atoms with Crippen LogP contribution >= 0.6 is 0 Å². The molecular formula is C10H14N2O3. The Morgan fingerprint density at radius 1 is 1.60 bits per heavy atom. The molecule has 0 saturated carbocycles. The number of rotatable bonds is 4. The van der Waals surface area contributed by atoms with Gasteiger partial charge in [-0.25, -0.2) is 4.98 Å². The lowest BCUT2D eigenvalue weighted by Gasteiger charge is -2.15. The van der Waals surface area contributed by atoms with Gasteiger partial charge in [-0.3, -0.25) is 4.79 Å². The average Bonchev–Trinajstić information content (AvgIpc) is 2.27. The van der Waals surface area contributed by atoms with Crippen molar-refractivity contribution >= 4 is 5.97 Å². The molecule has 0 aliphatic heterocycles. The molecule has 1 aromatic rings. The van der Waals surface area contributed by atoms with Crippen LogP contribution in [-0.4, -0.2) is 29.2 Å².